The first-order chi connectivity index (χ1) is 9.22. The summed E-state index contributed by atoms with van der Waals surface area (Å²) in [5, 5.41) is 3.63. The van der Waals surface area contributed by atoms with Crippen LogP contribution in [0.5, 0.6) is 0 Å². The summed E-state index contributed by atoms with van der Waals surface area (Å²) >= 11 is 1.77. The Morgan fingerprint density at radius 1 is 1.37 bits per heavy atom. The highest BCUT2D eigenvalue weighted by Gasteiger charge is 2.22. The standard InChI is InChI=1S/C16H22N2S/c1-11-7-15(17-9-11)8-13-3-5-14(6-4-13)16-12(2)18-10-19-16/h3,5,10-11,15,17H,4,6-9H2,1-2H3. The predicted octanol–water partition coefficient (Wildman–Crippen LogP) is 3.94. The molecule has 2 unspecified atom stereocenters. The maximum atomic E-state index is 4.35. The largest absolute Gasteiger partial charge is 0.313 e. The SMILES string of the molecule is Cc1ncsc1C1=CC=C(CC2CC(C)CN2)CC1. The number of allylic oxidation sites excluding steroid dienone is 3. The molecule has 0 amide bonds. The normalized spacial score (nSPS) is 27.3. The lowest BCUT2D eigenvalue weighted by atomic mass is 9.92. The third-order valence-corrected chi connectivity index (χ3v) is 5.23. The number of nitrogens with one attached hydrogen (secondary N) is 1. The molecule has 1 aromatic heterocycles. The Balaban J connectivity index is 1.66. The number of aromatic nitrogens is 1. The van der Waals surface area contributed by atoms with Crippen molar-refractivity contribution < 1.29 is 0 Å². The molecule has 0 aromatic carbocycles. The molecular weight excluding hydrogens is 252 g/mol. The van der Waals surface area contributed by atoms with Crippen LogP contribution in [0.1, 0.15) is 43.2 Å². The molecule has 0 radical (unpaired) electrons. The van der Waals surface area contributed by atoms with E-state index in [1.807, 2.05) is 5.51 Å². The molecule has 3 heteroatoms. The highest BCUT2D eigenvalue weighted by atomic mass is 32.1. The van der Waals surface area contributed by atoms with E-state index in [4.69, 9.17) is 0 Å². The third kappa shape index (κ3) is 2.98. The van der Waals surface area contributed by atoms with Crippen molar-refractivity contribution in [2.45, 2.75) is 45.6 Å². The smallest absolute Gasteiger partial charge is 0.0801 e. The molecule has 19 heavy (non-hydrogen) atoms. The summed E-state index contributed by atoms with van der Waals surface area (Å²) < 4.78 is 0. The Morgan fingerprint density at radius 2 is 2.26 bits per heavy atom. The van der Waals surface area contributed by atoms with Gasteiger partial charge in [0.2, 0.25) is 0 Å². The molecule has 1 aromatic rings. The van der Waals surface area contributed by atoms with Crippen LogP contribution in [-0.2, 0) is 0 Å². The monoisotopic (exact) mass is 274 g/mol. The number of nitrogens with zero attached hydrogens (tertiary/aromatic N) is 1. The van der Waals surface area contributed by atoms with Gasteiger partial charge >= 0.3 is 0 Å². The molecule has 1 N–H and O–H groups in total. The van der Waals surface area contributed by atoms with Gasteiger partial charge in [0, 0.05) is 6.04 Å². The highest BCUT2D eigenvalue weighted by Crippen LogP contribution is 2.33. The van der Waals surface area contributed by atoms with Crippen molar-refractivity contribution in [1.29, 1.82) is 0 Å². The molecule has 2 heterocycles. The van der Waals surface area contributed by atoms with Gasteiger partial charge in [0.05, 0.1) is 16.1 Å². The summed E-state index contributed by atoms with van der Waals surface area (Å²) in [5.74, 6) is 0.847. The molecular formula is C16H22N2S. The zero-order chi connectivity index (χ0) is 13.2. The Hall–Kier alpha value is -0.930. The van der Waals surface area contributed by atoms with Gasteiger partial charge in [-0.1, -0.05) is 24.6 Å². The Kier molecular flexibility index (Phi) is 3.85. The summed E-state index contributed by atoms with van der Waals surface area (Å²) in [6.45, 7) is 5.64. The van der Waals surface area contributed by atoms with Gasteiger partial charge in [-0.25, -0.2) is 4.98 Å². The molecule has 2 nitrogen and oxygen atoms in total. The van der Waals surface area contributed by atoms with Crippen molar-refractivity contribution in [3.63, 3.8) is 0 Å². The lowest BCUT2D eigenvalue weighted by Gasteiger charge is -2.17. The number of aryl methyl sites for hydroxylation is 1. The zero-order valence-electron chi connectivity index (χ0n) is 11.8. The minimum atomic E-state index is 0.710. The molecule has 1 aliphatic carbocycles. The summed E-state index contributed by atoms with van der Waals surface area (Å²) in [5.41, 5.74) is 6.21. The fraction of sp³-hybridized carbons (Fsp3) is 0.562. The van der Waals surface area contributed by atoms with Crippen LogP contribution in [0.25, 0.3) is 5.57 Å². The van der Waals surface area contributed by atoms with Crippen LogP contribution in [0.15, 0.2) is 23.2 Å². The van der Waals surface area contributed by atoms with Crippen LogP contribution in [-0.4, -0.2) is 17.6 Å². The van der Waals surface area contributed by atoms with E-state index in [-0.39, 0.29) is 0 Å². The number of thiazole rings is 1. The van der Waals surface area contributed by atoms with Gasteiger partial charge in [-0.05, 0) is 50.6 Å². The van der Waals surface area contributed by atoms with Crippen molar-refractivity contribution in [3.8, 4) is 0 Å². The van der Waals surface area contributed by atoms with Gasteiger partial charge in [-0.2, -0.15) is 0 Å². The minimum absolute atomic E-state index is 0.710. The van der Waals surface area contributed by atoms with Gasteiger partial charge in [0.25, 0.3) is 0 Å². The van der Waals surface area contributed by atoms with Crippen molar-refractivity contribution in [3.05, 3.63) is 33.8 Å². The van der Waals surface area contributed by atoms with Crippen molar-refractivity contribution in [2.75, 3.05) is 6.54 Å². The lowest BCUT2D eigenvalue weighted by Crippen LogP contribution is -2.22. The van der Waals surface area contributed by atoms with E-state index >= 15 is 0 Å². The van der Waals surface area contributed by atoms with Crippen molar-refractivity contribution >= 4 is 16.9 Å². The molecule has 2 aliphatic rings. The van der Waals surface area contributed by atoms with Gasteiger partial charge in [0.15, 0.2) is 0 Å². The van der Waals surface area contributed by atoms with E-state index in [9.17, 15) is 0 Å². The summed E-state index contributed by atoms with van der Waals surface area (Å²) in [4.78, 5) is 5.73. The first-order valence-electron chi connectivity index (χ1n) is 7.25. The first kappa shape index (κ1) is 13.1. The average molecular weight is 274 g/mol. The van der Waals surface area contributed by atoms with Gasteiger partial charge in [-0.15, -0.1) is 11.3 Å². The highest BCUT2D eigenvalue weighted by molar-refractivity contribution is 7.10. The third-order valence-electron chi connectivity index (χ3n) is 4.22. The van der Waals surface area contributed by atoms with Crippen LogP contribution in [0.3, 0.4) is 0 Å². The molecule has 0 bridgehead atoms. The van der Waals surface area contributed by atoms with Gasteiger partial charge < -0.3 is 5.32 Å². The Morgan fingerprint density at radius 3 is 2.84 bits per heavy atom. The molecule has 1 aliphatic heterocycles. The maximum Gasteiger partial charge on any atom is 0.0801 e. The number of hydrogen-bond acceptors (Lipinski definition) is 3. The van der Waals surface area contributed by atoms with E-state index in [1.165, 1.54) is 48.4 Å². The molecule has 0 saturated carbocycles. The van der Waals surface area contributed by atoms with E-state index in [2.05, 4.69) is 36.3 Å². The molecule has 1 fully saturated rings. The molecule has 3 rings (SSSR count). The van der Waals surface area contributed by atoms with E-state index < -0.39 is 0 Å². The number of rotatable bonds is 3. The van der Waals surface area contributed by atoms with E-state index in [0.717, 1.165) is 5.92 Å². The summed E-state index contributed by atoms with van der Waals surface area (Å²) in [7, 11) is 0. The average Bonchev–Trinajstić information content (AvgIpc) is 3.00. The van der Waals surface area contributed by atoms with Crippen LogP contribution in [0, 0.1) is 12.8 Å². The second kappa shape index (κ2) is 5.59. The van der Waals surface area contributed by atoms with Crippen molar-refractivity contribution in [1.82, 2.24) is 10.3 Å². The summed E-state index contributed by atoms with van der Waals surface area (Å²) in [6.07, 6.45) is 9.63. The van der Waals surface area contributed by atoms with Gasteiger partial charge in [-0.3, -0.25) is 0 Å². The molecule has 1 saturated heterocycles. The Bertz CT molecular complexity index is 513. The molecule has 0 spiro atoms. The minimum Gasteiger partial charge on any atom is -0.313 e. The molecule has 2 atom stereocenters. The van der Waals surface area contributed by atoms with Crippen LogP contribution in [0.2, 0.25) is 0 Å². The summed E-state index contributed by atoms with van der Waals surface area (Å²) in [6, 6.07) is 0.710. The second-order valence-corrected chi connectivity index (χ2v) is 6.79. The fourth-order valence-corrected chi connectivity index (χ4v) is 4.00. The van der Waals surface area contributed by atoms with E-state index in [0.29, 0.717) is 6.04 Å². The van der Waals surface area contributed by atoms with Gasteiger partial charge in [0.1, 0.15) is 0 Å². The topological polar surface area (TPSA) is 24.9 Å². The zero-order valence-corrected chi connectivity index (χ0v) is 12.6. The Labute approximate surface area is 119 Å². The van der Waals surface area contributed by atoms with E-state index in [1.54, 1.807) is 16.9 Å². The van der Waals surface area contributed by atoms with Crippen molar-refractivity contribution in [2.24, 2.45) is 5.92 Å². The fourth-order valence-electron chi connectivity index (χ4n) is 3.14. The maximum absolute atomic E-state index is 4.35. The lowest BCUT2D eigenvalue weighted by molar-refractivity contribution is 0.570. The first-order valence-corrected chi connectivity index (χ1v) is 8.13. The van der Waals surface area contributed by atoms with Crippen LogP contribution >= 0.6 is 11.3 Å². The van der Waals surface area contributed by atoms with Crippen LogP contribution in [0.4, 0.5) is 0 Å². The quantitative estimate of drug-likeness (QED) is 0.903. The predicted molar refractivity (Wildman–Crippen MR) is 82.3 cm³/mol. The second-order valence-electron chi connectivity index (χ2n) is 5.93. The van der Waals surface area contributed by atoms with Crippen LogP contribution < -0.4 is 5.32 Å². The molecule has 102 valence electrons. The number of hydrogen-bond donors (Lipinski definition) is 1.